The van der Waals surface area contributed by atoms with Gasteiger partial charge in [-0.3, -0.25) is 14.4 Å². The van der Waals surface area contributed by atoms with Gasteiger partial charge < -0.3 is 18.9 Å². The van der Waals surface area contributed by atoms with Crippen LogP contribution in [0.5, 0.6) is 0 Å². The van der Waals surface area contributed by atoms with Gasteiger partial charge in [0.1, 0.15) is 0 Å². The van der Waals surface area contributed by atoms with Crippen molar-refractivity contribution in [1.82, 2.24) is 0 Å². The predicted octanol–water partition coefficient (Wildman–Crippen LogP) is 13.2. The number of rotatable bonds is 41. The average Bonchev–Trinajstić information content (AvgIpc) is 3.14. The fraction of sp³-hybridized carbons (Fsp3) is 0.913. The zero-order valence-corrected chi connectivity index (χ0v) is 35.9. The van der Waals surface area contributed by atoms with Gasteiger partial charge in [0, 0.05) is 6.42 Å². The molecule has 0 atom stereocenters. The van der Waals surface area contributed by atoms with Crippen LogP contribution in [-0.4, -0.2) is 49.3 Å². The van der Waals surface area contributed by atoms with E-state index >= 15 is 0 Å². The number of ether oxygens (including phenoxy) is 4. The van der Waals surface area contributed by atoms with Crippen LogP contribution in [0.15, 0.2) is 0 Å². The van der Waals surface area contributed by atoms with Gasteiger partial charge in [-0.15, -0.1) is 0 Å². The van der Waals surface area contributed by atoms with Crippen LogP contribution in [0.25, 0.3) is 0 Å². The Bertz CT molecular complexity index is 848. The van der Waals surface area contributed by atoms with Crippen molar-refractivity contribution in [3.8, 4) is 0 Å². The molecule has 318 valence electrons. The summed E-state index contributed by atoms with van der Waals surface area (Å²) in [6.45, 7) is 9.06. The van der Waals surface area contributed by atoms with Gasteiger partial charge in [-0.2, -0.15) is 0 Å². The number of unbranched alkanes of at least 4 members (excludes halogenated alkanes) is 27. The van der Waals surface area contributed by atoms with Gasteiger partial charge in [0.05, 0.1) is 32.7 Å². The quantitative estimate of drug-likeness (QED) is 0.0344. The van der Waals surface area contributed by atoms with E-state index in [0.29, 0.717) is 25.7 Å². The molecule has 0 amide bonds. The first kappa shape index (κ1) is 51.9. The summed E-state index contributed by atoms with van der Waals surface area (Å²) in [7, 11) is 0. The Morgan fingerprint density at radius 2 is 0.611 bits per heavy atom. The number of carbonyl (C=O) groups excluding carboxylic acids is 4. The third-order valence-electron chi connectivity index (χ3n) is 10.2. The second kappa shape index (κ2) is 39.1. The highest BCUT2D eigenvalue weighted by Gasteiger charge is 2.49. The summed E-state index contributed by atoms with van der Waals surface area (Å²) in [5, 5.41) is 0. The number of esters is 4. The monoisotopic (exact) mass is 767 g/mol. The number of hydrogen-bond donors (Lipinski definition) is 0. The third-order valence-corrected chi connectivity index (χ3v) is 10.2. The van der Waals surface area contributed by atoms with Gasteiger partial charge in [-0.1, -0.05) is 201 Å². The highest BCUT2D eigenvalue weighted by Crippen LogP contribution is 2.27. The summed E-state index contributed by atoms with van der Waals surface area (Å²) < 4.78 is 22.5. The van der Waals surface area contributed by atoms with E-state index in [0.717, 1.165) is 44.9 Å². The maximum Gasteiger partial charge on any atom is 0.351 e. The van der Waals surface area contributed by atoms with E-state index in [-0.39, 0.29) is 26.2 Å². The molecule has 0 radical (unpaired) electrons. The Labute approximate surface area is 332 Å². The zero-order chi connectivity index (χ0) is 39.8. The summed E-state index contributed by atoms with van der Waals surface area (Å²) in [5.41, 5.74) is -2.12. The average molecular weight is 767 g/mol. The first-order valence-corrected chi connectivity index (χ1v) is 23.0. The van der Waals surface area contributed by atoms with Crippen LogP contribution in [0, 0.1) is 0 Å². The molecule has 0 aromatic carbocycles. The van der Waals surface area contributed by atoms with Gasteiger partial charge in [0.25, 0.3) is 0 Å². The van der Waals surface area contributed by atoms with Gasteiger partial charge in [-0.05, 0) is 25.7 Å². The molecule has 0 aromatic heterocycles. The molecule has 8 nitrogen and oxygen atoms in total. The molecule has 0 aliphatic heterocycles. The first-order valence-electron chi connectivity index (χ1n) is 23.0. The van der Waals surface area contributed by atoms with Crippen LogP contribution >= 0.6 is 0 Å². The van der Waals surface area contributed by atoms with E-state index < -0.39 is 42.3 Å². The molecule has 0 heterocycles. The Kier molecular flexibility index (Phi) is 37.6. The lowest BCUT2D eigenvalue weighted by Gasteiger charge is -2.30. The molecule has 0 aromatic rings. The SMILES string of the molecule is CCCCCCCCCCCCOC(=O)CC(CC(=O)OCCCCCCCCCCCC)(OC(=O)CCC)C(=O)OCCCCCCCCCCCC. The van der Waals surface area contributed by atoms with Crippen molar-refractivity contribution >= 4 is 23.9 Å². The van der Waals surface area contributed by atoms with E-state index in [2.05, 4.69) is 20.8 Å². The standard InChI is InChI=1S/C46H86O8/c1-5-9-12-15-18-21-24-27-30-33-37-51-43(48)40-46(54-42(47)36-8-4,45(50)53-39-35-32-29-26-23-20-17-14-11-7-3)41-44(49)52-38-34-31-28-25-22-19-16-13-10-6-2/h5-41H2,1-4H3. The normalized spacial score (nSPS) is 11.4. The largest absolute Gasteiger partial charge is 0.466 e. The highest BCUT2D eigenvalue weighted by molar-refractivity contribution is 5.92. The lowest BCUT2D eigenvalue weighted by Crippen LogP contribution is -2.48. The second-order valence-electron chi connectivity index (χ2n) is 15.7. The van der Waals surface area contributed by atoms with Gasteiger partial charge in [0.2, 0.25) is 5.60 Å². The van der Waals surface area contributed by atoms with E-state index in [1.165, 1.54) is 128 Å². The Hall–Kier alpha value is -2.12. The van der Waals surface area contributed by atoms with Crippen molar-refractivity contribution in [3.05, 3.63) is 0 Å². The molecule has 0 aliphatic rings. The fourth-order valence-corrected chi connectivity index (χ4v) is 6.80. The lowest BCUT2D eigenvalue weighted by atomic mass is 9.94. The summed E-state index contributed by atoms with van der Waals surface area (Å²) in [6, 6.07) is 0. The van der Waals surface area contributed by atoms with E-state index in [1.807, 2.05) is 6.92 Å². The van der Waals surface area contributed by atoms with Crippen LogP contribution in [0.2, 0.25) is 0 Å². The van der Waals surface area contributed by atoms with E-state index in [4.69, 9.17) is 18.9 Å². The molecule has 8 heteroatoms. The molecule has 54 heavy (non-hydrogen) atoms. The topological polar surface area (TPSA) is 105 Å². The molecular weight excluding hydrogens is 680 g/mol. The van der Waals surface area contributed by atoms with Crippen LogP contribution in [-0.2, 0) is 38.1 Å². The Morgan fingerprint density at radius 1 is 0.333 bits per heavy atom. The van der Waals surface area contributed by atoms with Crippen molar-refractivity contribution in [3.63, 3.8) is 0 Å². The molecule has 0 saturated carbocycles. The zero-order valence-electron chi connectivity index (χ0n) is 35.9. The highest BCUT2D eigenvalue weighted by atomic mass is 16.6. The smallest absolute Gasteiger partial charge is 0.351 e. The van der Waals surface area contributed by atoms with E-state index in [9.17, 15) is 19.2 Å². The minimum Gasteiger partial charge on any atom is -0.466 e. The van der Waals surface area contributed by atoms with Crippen molar-refractivity contribution in [2.45, 2.75) is 252 Å². The number of carbonyl (C=O) groups is 4. The fourth-order valence-electron chi connectivity index (χ4n) is 6.80. The second-order valence-corrected chi connectivity index (χ2v) is 15.7. The van der Waals surface area contributed by atoms with Crippen LogP contribution in [0.3, 0.4) is 0 Å². The van der Waals surface area contributed by atoms with Crippen molar-refractivity contribution in [2.24, 2.45) is 0 Å². The molecule has 0 unspecified atom stereocenters. The third kappa shape index (κ3) is 32.2. The lowest BCUT2D eigenvalue weighted by molar-refractivity contribution is -0.191. The predicted molar refractivity (Wildman–Crippen MR) is 221 cm³/mol. The maximum absolute atomic E-state index is 13.7. The van der Waals surface area contributed by atoms with Crippen LogP contribution < -0.4 is 0 Å². The van der Waals surface area contributed by atoms with Crippen molar-refractivity contribution in [2.75, 3.05) is 19.8 Å². The summed E-state index contributed by atoms with van der Waals surface area (Å²) >= 11 is 0. The maximum atomic E-state index is 13.7. The van der Waals surface area contributed by atoms with Gasteiger partial charge >= 0.3 is 23.9 Å². The van der Waals surface area contributed by atoms with Crippen molar-refractivity contribution < 1.29 is 38.1 Å². The summed E-state index contributed by atoms with van der Waals surface area (Å²) in [5.74, 6) is -2.91. The van der Waals surface area contributed by atoms with Gasteiger partial charge in [0.15, 0.2) is 0 Å². The molecule has 0 spiro atoms. The Balaban J connectivity index is 5.16. The minimum atomic E-state index is -2.12. The van der Waals surface area contributed by atoms with E-state index in [1.54, 1.807) is 0 Å². The minimum absolute atomic E-state index is 0.0504. The molecule has 0 N–H and O–H groups in total. The molecule has 0 rings (SSSR count). The summed E-state index contributed by atoms with van der Waals surface area (Å²) in [4.78, 5) is 53.0. The van der Waals surface area contributed by atoms with Crippen molar-refractivity contribution in [1.29, 1.82) is 0 Å². The molecule has 0 aliphatic carbocycles. The molecular formula is C46H86O8. The molecule has 0 fully saturated rings. The summed E-state index contributed by atoms with van der Waals surface area (Å²) in [6.07, 6.45) is 33.9. The van der Waals surface area contributed by atoms with Crippen LogP contribution in [0.4, 0.5) is 0 Å². The molecule has 0 saturated heterocycles. The first-order chi connectivity index (χ1) is 26.3. The van der Waals surface area contributed by atoms with Crippen LogP contribution in [0.1, 0.15) is 246 Å². The molecule has 0 bridgehead atoms. The number of hydrogen-bond acceptors (Lipinski definition) is 8. The Morgan fingerprint density at radius 3 is 0.907 bits per heavy atom. The van der Waals surface area contributed by atoms with Gasteiger partial charge in [-0.25, -0.2) is 4.79 Å².